The van der Waals surface area contributed by atoms with Crippen molar-refractivity contribution in [3.63, 3.8) is 0 Å². The van der Waals surface area contributed by atoms with Gasteiger partial charge in [0.2, 0.25) is 0 Å². The van der Waals surface area contributed by atoms with Gasteiger partial charge in [-0.15, -0.1) is 0 Å². The summed E-state index contributed by atoms with van der Waals surface area (Å²) in [4.78, 5) is 0. The summed E-state index contributed by atoms with van der Waals surface area (Å²) in [6.45, 7) is 1.78. The van der Waals surface area contributed by atoms with Crippen LogP contribution >= 0.6 is 0 Å². The highest BCUT2D eigenvalue weighted by molar-refractivity contribution is 6.03. The molecular formula is C15H12O2. The molecule has 0 aromatic heterocycles. The van der Waals surface area contributed by atoms with Crippen molar-refractivity contribution in [1.82, 2.24) is 0 Å². The summed E-state index contributed by atoms with van der Waals surface area (Å²) >= 11 is 0. The molecule has 3 rings (SSSR count). The third-order valence-electron chi connectivity index (χ3n) is 3.14. The largest absolute Gasteiger partial charge is 0.507 e. The summed E-state index contributed by atoms with van der Waals surface area (Å²) in [5.74, 6) is 0.449. The van der Waals surface area contributed by atoms with E-state index in [-0.39, 0.29) is 11.5 Å². The molecule has 2 nitrogen and oxygen atoms in total. The van der Waals surface area contributed by atoms with Gasteiger partial charge in [-0.3, -0.25) is 0 Å². The molecule has 0 atom stereocenters. The van der Waals surface area contributed by atoms with Gasteiger partial charge in [0.25, 0.3) is 0 Å². The molecule has 0 amide bonds. The summed E-state index contributed by atoms with van der Waals surface area (Å²) in [5.41, 5.74) is 0.685. The number of fused-ring (bicyclic) bond motifs is 2. The minimum absolute atomic E-state index is 0.209. The van der Waals surface area contributed by atoms with E-state index in [0.717, 1.165) is 10.8 Å². The average molecular weight is 224 g/mol. The number of hydrogen-bond donors (Lipinski definition) is 2. The third kappa shape index (κ3) is 1.41. The van der Waals surface area contributed by atoms with Crippen molar-refractivity contribution in [2.75, 3.05) is 0 Å². The van der Waals surface area contributed by atoms with Crippen molar-refractivity contribution in [3.8, 4) is 11.5 Å². The van der Waals surface area contributed by atoms with Gasteiger partial charge in [-0.1, -0.05) is 24.3 Å². The van der Waals surface area contributed by atoms with Crippen LogP contribution in [0.2, 0.25) is 0 Å². The first-order chi connectivity index (χ1) is 8.16. The summed E-state index contributed by atoms with van der Waals surface area (Å²) in [6, 6.07) is 13.3. The van der Waals surface area contributed by atoms with E-state index in [1.807, 2.05) is 36.4 Å². The van der Waals surface area contributed by atoms with E-state index < -0.39 is 0 Å². The molecule has 2 N–H and O–H groups in total. The smallest absolute Gasteiger partial charge is 0.126 e. The van der Waals surface area contributed by atoms with E-state index in [0.29, 0.717) is 16.3 Å². The van der Waals surface area contributed by atoms with Crippen LogP contribution in [0.15, 0.2) is 42.5 Å². The minimum Gasteiger partial charge on any atom is -0.507 e. The number of aromatic hydroxyl groups is 2. The molecule has 3 aromatic rings. The number of rotatable bonds is 0. The normalized spacial score (nSPS) is 11.1. The second-order valence-electron chi connectivity index (χ2n) is 4.31. The molecule has 3 aromatic carbocycles. The SMILES string of the molecule is Cc1cc(O)c2cc3ccccc3cc2c1O. The van der Waals surface area contributed by atoms with Crippen LogP contribution in [-0.2, 0) is 0 Å². The molecule has 0 saturated heterocycles. The van der Waals surface area contributed by atoms with Gasteiger partial charge in [0, 0.05) is 10.8 Å². The lowest BCUT2D eigenvalue weighted by Gasteiger charge is -2.08. The summed E-state index contributed by atoms with van der Waals surface area (Å²) in [5, 5.41) is 23.4. The second-order valence-corrected chi connectivity index (χ2v) is 4.31. The molecule has 0 aliphatic heterocycles. The predicted molar refractivity (Wildman–Crippen MR) is 69.5 cm³/mol. The van der Waals surface area contributed by atoms with Gasteiger partial charge in [0.05, 0.1) is 0 Å². The topological polar surface area (TPSA) is 40.5 Å². The lowest BCUT2D eigenvalue weighted by molar-refractivity contribution is 0.466. The molecule has 0 aliphatic carbocycles. The maximum absolute atomic E-state index is 10.0. The fourth-order valence-corrected chi connectivity index (χ4v) is 2.21. The van der Waals surface area contributed by atoms with Crippen molar-refractivity contribution in [1.29, 1.82) is 0 Å². The first kappa shape index (κ1) is 9.97. The molecule has 0 saturated carbocycles. The first-order valence-electron chi connectivity index (χ1n) is 5.51. The number of phenolic OH excluding ortho intramolecular Hbond substituents is 2. The Bertz CT molecular complexity index is 730. The molecule has 0 aliphatic rings. The van der Waals surface area contributed by atoms with Crippen LogP contribution in [0, 0.1) is 6.92 Å². The Kier molecular flexibility index (Phi) is 1.99. The Hall–Kier alpha value is -2.22. The van der Waals surface area contributed by atoms with Crippen LogP contribution in [-0.4, -0.2) is 10.2 Å². The zero-order valence-electron chi connectivity index (χ0n) is 9.44. The molecule has 2 heteroatoms. The summed E-state index contributed by atoms with van der Waals surface area (Å²) < 4.78 is 0. The van der Waals surface area contributed by atoms with E-state index in [9.17, 15) is 10.2 Å². The molecule has 0 fully saturated rings. The lowest BCUT2D eigenvalue weighted by Crippen LogP contribution is -1.82. The Morgan fingerprint density at radius 3 is 2.06 bits per heavy atom. The van der Waals surface area contributed by atoms with E-state index in [1.54, 1.807) is 13.0 Å². The van der Waals surface area contributed by atoms with Crippen molar-refractivity contribution in [2.45, 2.75) is 6.92 Å². The van der Waals surface area contributed by atoms with Gasteiger partial charge in [-0.2, -0.15) is 0 Å². The Morgan fingerprint density at radius 2 is 1.41 bits per heavy atom. The van der Waals surface area contributed by atoms with Gasteiger partial charge in [-0.05, 0) is 41.5 Å². The van der Waals surface area contributed by atoms with Crippen molar-refractivity contribution in [2.24, 2.45) is 0 Å². The monoisotopic (exact) mass is 224 g/mol. The number of aryl methyl sites for hydroxylation is 1. The highest BCUT2D eigenvalue weighted by atomic mass is 16.3. The van der Waals surface area contributed by atoms with Gasteiger partial charge >= 0.3 is 0 Å². The highest BCUT2D eigenvalue weighted by Crippen LogP contribution is 2.37. The van der Waals surface area contributed by atoms with Crippen LogP contribution in [0.3, 0.4) is 0 Å². The minimum atomic E-state index is 0.209. The number of phenols is 2. The molecule has 0 unspecified atom stereocenters. The quantitative estimate of drug-likeness (QED) is 0.451. The van der Waals surface area contributed by atoms with E-state index in [4.69, 9.17) is 0 Å². The van der Waals surface area contributed by atoms with Gasteiger partial charge in [0.15, 0.2) is 0 Å². The van der Waals surface area contributed by atoms with Crippen molar-refractivity contribution in [3.05, 3.63) is 48.0 Å². The van der Waals surface area contributed by atoms with Crippen LogP contribution in [0.5, 0.6) is 11.5 Å². The van der Waals surface area contributed by atoms with Gasteiger partial charge < -0.3 is 10.2 Å². The third-order valence-corrected chi connectivity index (χ3v) is 3.14. The highest BCUT2D eigenvalue weighted by Gasteiger charge is 2.09. The lowest BCUT2D eigenvalue weighted by atomic mass is 10.00. The van der Waals surface area contributed by atoms with Crippen LogP contribution in [0.4, 0.5) is 0 Å². The summed E-state index contributed by atoms with van der Waals surface area (Å²) in [7, 11) is 0. The molecule has 0 heterocycles. The fourth-order valence-electron chi connectivity index (χ4n) is 2.21. The Morgan fingerprint density at radius 1 is 0.824 bits per heavy atom. The van der Waals surface area contributed by atoms with Crippen LogP contribution < -0.4 is 0 Å². The van der Waals surface area contributed by atoms with Crippen LogP contribution in [0.25, 0.3) is 21.5 Å². The second kappa shape index (κ2) is 3.39. The zero-order valence-corrected chi connectivity index (χ0v) is 9.44. The molecule has 0 spiro atoms. The maximum atomic E-state index is 10.0. The first-order valence-corrected chi connectivity index (χ1v) is 5.51. The van der Waals surface area contributed by atoms with E-state index in [1.165, 1.54) is 0 Å². The fraction of sp³-hybridized carbons (Fsp3) is 0.0667. The standard InChI is InChI=1S/C15H12O2/c1-9-6-14(16)12-7-10-4-2-3-5-11(10)8-13(12)15(9)17/h2-8,16-17H,1H3. The van der Waals surface area contributed by atoms with Gasteiger partial charge in [-0.25, -0.2) is 0 Å². The summed E-state index contributed by atoms with van der Waals surface area (Å²) in [6.07, 6.45) is 0. The Labute approximate surface area is 98.7 Å². The molecule has 17 heavy (non-hydrogen) atoms. The number of benzene rings is 3. The predicted octanol–water partition coefficient (Wildman–Crippen LogP) is 3.71. The Balaban J connectivity index is 2.56. The zero-order chi connectivity index (χ0) is 12.0. The van der Waals surface area contributed by atoms with E-state index in [2.05, 4.69) is 0 Å². The average Bonchev–Trinajstić information content (AvgIpc) is 2.34. The van der Waals surface area contributed by atoms with Crippen LogP contribution in [0.1, 0.15) is 5.56 Å². The molecule has 84 valence electrons. The molecule has 0 radical (unpaired) electrons. The van der Waals surface area contributed by atoms with Crippen molar-refractivity contribution >= 4 is 21.5 Å². The maximum Gasteiger partial charge on any atom is 0.126 e. The van der Waals surface area contributed by atoms with Gasteiger partial charge in [0.1, 0.15) is 11.5 Å². The molecule has 0 bridgehead atoms. The number of hydrogen-bond acceptors (Lipinski definition) is 2. The van der Waals surface area contributed by atoms with E-state index >= 15 is 0 Å². The molecular weight excluding hydrogens is 212 g/mol. The van der Waals surface area contributed by atoms with Crippen molar-refractivity contribution < 1.29 is 10.2 Å².